The molecule has 22 heavy (non-hydrogen) atoms. The molecule has 1 aromatic carbocycles. The number of carbonyl (C=O) groups excluding carboxylic acids is 1. The van der Waals surface area contributed by atoms with Gasteiger partial charge < -0.3 is 10.2 Å². The molecule has 0 bridgehead atoms. The monoisotopic (exact) mass is 302 g/mol. The molecule has 0 aliphatic heterocycles. The van der Waals surface area contributed by atoms with Crippen molar-refractivity contribution in [3.05, 3.63) is 22.8 Å². The lowest BCUT2D eigenvalue weighted by molar-refractivity contribution is 0.0694. The summed E-state index contributed by atoms with van der Waals surface area (Å²) in [5.74, 6) is 0.542. The minimum atomic E-state index is -0.0538. The molecule has 2 aliphatic carbocycles. The first-order chi connectivity index (χ1) is 10.2. The van der Waals surface area contributed by atoms with Gasteiger partial charge in [-0.1, -0.05) is 34.1 Å². The van der Waals surface area contributed by atoms with Gasteiger partial charge in [-0.2, -0.15) is 0 Å². The Bertz CT molecular complexity index is 628. The average molecular weight is 302 g/mol. The van der Waals surface area contributed by atoms with Crippen LogP contribution >= 0.6 is 0 Å². The molecule has 0 saturated heterocycles. The summed E-state index contributed by atoms with van der Waals surface area (Å²) < 4.78 is 0. The first-order valence-corrected chi connectivity index (χ1v) is 8.36. The normalized spacial score (nSPS) is 26.7. The van der Waals surface area contributed by atoms with Crippen LogP contribution in [0, 0.1) is 11.3 Å². The molecular formula is C19H26O3. The smallest absolute Gasteiger partial charge is 0.163 e. The number of rotatable bonds is 1. The highest BCUT2D eigenvalue weighted by atomic mass is 16.3. The van der Waals surface area contributed by atoms with Crippen LogP contribution in [0.25, 0.3) is 0 Å². The fourth-order valence-corrected chi connectivity index (χ4v) is 4.52. The lowest BCUT2D eigenvalue weighted by atomic mass is 9.57. The van der Waals surface area contributed by atoms with Crippen LogP contribution < -0.4 is 0 Å². The summed E-state index contributed by atoms with van der Waals surface area (Å²) in [5, 5.41) is 21.0. The molecule has 0 heterocycles. The Kier molecular flexibility index (Phi) is 3.50. The second-order valence-electron chi connectivity index (χ2n) is 8.00. The van der Waals surface area contributed by atoms with Gasteiger partial charge in [0.25, 0.3) is 0 Å². The predicted octanol–water partition coefficient (Wildman–Crippen LogP) is 4.72. The van der Waals surface area contributed by atoms with Gasteiger partial charge in [0.2, 0.25) is 0 Å². The van der Waals surface area contributed by atoms with Crippen molar-refractivity contribution >= 4 is 5.78 Å². The third-order valence-corrected chi connectivity index (χ3v) is 5.87. The standard InChI is InChI=1S/C19H26O3/c1-10(2)12-8-13-15(20)9-14-11(6-5-7-19(14,3)4)16(13)18(22)17(12)21/h8,10-11,14,21-22H,5-7,9H2,1-4H3/t11-,14+/m0/s1. The second kappa shape index (κ2) is 5.00. The minimum absolute atomic E-state index is 0.0365. The van der Waals surface area contributed by atoms with Crippen LogP contribution in [0.2, 0.25) is 0 Å². The Morgan fingerprint density at radius 1 is 1.23 bits per heavy atom. The Morgan fingerprint density at radius 2 is 1.91 bits per heavy atom. The number of hydrogen-bond donors (Lipinski definition) is 2. The predicted molar refractivity (Wildman–Crippen MR) is 86.7 cm³/mol. The van der Waals surface area contributed by atoms with Crippen LogP contribution in [0.4, 0.5) is 0 Å². The molecule has 2 aliphatic rings. The number of hydrogen-bond acceptors (Lipinski definition) is 3. The average Bonchev–Trinajstić information content (AvgIpc) is 2.43. The zero-order valence-corrected chi connectivity index (χ0v) is 13.9. The van der Waals surface area contributed by atoms with Crippen molar-refractivity contribution in [2.24, 2.45) is 11.3 Å². The third-order valence-electron chi connectivity index (χ3n) is 5.87. The topological polar surface area (TPSA) is 57.5 Å². The van der Waals surface area contributed by atoms with Gasteiger partial charge in [0.05, 0.1) is 0 Å². The molecule has 2 N–H and O–H groups in total. The Hall–Kier alpha value is -1.51. The van der Waals surface area contributed by atoms with Crippen LogP contribution in [0.15, 0.2) is 6.07 Å². The number of phenols is 2. The summed E-state index contributed by atoms with van der Waals surface area (Å²) in [7, 11) is 0. The molecule has 0 amide bonds. The summed E-state index contributed by atoms with van der Waals surface area (Å²) in [6.45, 7) is 8.37. The van der Waals surface area contributed by atoms with Crippen molar-refractivity contribution in [1.29, 1.82) is 0 Å². The first-order valence-electron chi connectivity index (χ1n) is 8.36. The molecule has 3 nitrogen and oxygen atoms in total. The van der Waals surface area contributed by atoms with Crippen LogP contribution in [0.5, 0.6) is 11.5 Å². The van der Waals surface area contributed by atoms with E-state index in [9.17, 15) is 15.0 Å². The lowest BCUT2D eigenvalue weighted by Crippen LogP contribution is -2.38. The highest BCUT2D eigenvalue weighted by Crippen LogP contribution is 2.57. The van der Waals surface area contributed by atoms with Gasteiger partial charge in [-0.3, -0.25) is 4.79 Å². The van der Waals surface area contributed by atoms with E-state index in [0.717, 1.165) is 19.3 Å². The molecule has 0 spiro atoms. The molecule has 120 valence electrons. The maximum Gasteiger partial charge on any atom is 0.163 e. The first kappa shape index (κ1) is 15.4. The number of ketones is 1. The van der Waals surface area contributed by atoms with E-state index in [1.165, 1.54) is 0 Å². The van der Waals surface area contributed by atoms with Crippen molar-refractivity contribution in [2.75, 3.05) is 0 Å². The summed E-state index contributed by atoms with van der Waals surface area (Å²) >= 11 is 0. The van der Waals surface area contributed by atoms with E-state index >= 15 is 0 Å². The van der Waals surface area contributed by atoms with Gasteiger partial charge >= 0.3 is 0 Å². The number of phenolic OH excluding ortho intramolecular Hbond substituents is 2. The van der Waals surface area contributed by atoms with Gasteiger partial charge in [0, 0.05) is 23.1 Å². The number of fused-ring (bicyclic) bond motifs is 3. The number of Topliss-reactive ketones (excluding diaryl/α,β-unsaturated/α-hetero) is 1. The van der Waals surface area contributed by atoms with E-state index in [2.05, 4.69) is 13.8 Å². The van der Waals surface area contributed by atoms with Gasteiger partial charge in [-0.05, 0) is 42.1 Å². The van der Waals surface area contributed by atoms with Crippen molar-refractivity contribution in [3.8, 4) is 11.5 Å². The van der Waals surface area contributed by atoms with E-state index in [-0.39, 0.29) is 40.5 Å². The van der Waals surface area contributed by atoms with Crippen LogP contribution in [-0.2, 0) is 0 Å². The Labute approximate surface area is 132 Å². The lowest BCUT2D eigenvalue weighted by Gasteiger charge is -2.47. The molecule has 3 heteroatoms. The second-order valence-corrected chi connectivity index (χ2v) is 8.00. The van der Waals surface area contributed by atoms with Crippen molar-refractivity contribution < 1.29 is 15.0 Å². The molecule has 0 aromatic heterocycles. The fourth-order valence-electron chi connectivity index (χ4n) is 4.52. The fraction of sp³-hybridized carbons (Fsp3) is 0.632. The molecule has 1 fully saturated rings. The Balaban J connectivity index is 2.20. The van der Waals surface area contributed by atoms with Crippen LogP contribution in [-0.4, -0.2) is 16.0 Å². The van der Waals surface area contributed by atoms with Gasteiger partial charge in [0.1, 0.15) is 0 Å². The number of benzene rings is 1. The Morgan fingerprint density at radius 3 is 2.55 bits per heavy atom. The third kappa shape index (κ3) is 2.13. The molecule has 2 atom stereocenters. The summed E-state index contributed by atoms with van der Waals surface area (Å²) in [6.07, 6.45) is 3.77. The van der Waals surface area contributed by atoms with E-state index < -0.39 is 0 Å². The van der Waals surface area contributed by atoms with Gasteiger partial charge in [-0.25, -0.2) is 0 Å². The quantitative estimate of drug-likeness (QED) is 0.738. The molecule has 3 rings (SSSR count). The molecule has 0 radical (unpaired) electrons. The van der Waals surface area contributed by atoms with E-state index in [4.69, 9.17) is 0 Å². The van der Waals surface area contributed by atoms with Gasteiger partial charge in [0.15, 0.2) is 17.3 Å². The van der Waals surface area contributed by atoms with E-state index in [0.29, 0.717) is 23.1 Å². The zero-order valence-electron chi connectivity index (χ0n) is 13.9. The van der Waals surface area contributed by atoms with Crippen molar-refractivity contribution in [1.82, 2.24) is 0 Å². The molecular weight excluding hydrogens is 276 g/mol. The highest BCUT2D eigenvalue weighted by molar-refractivity contribution is 6.00. The summed E-state index contributed by atoms with van der Waals surface area (Å²) in [4.78, 5) is 12.7. The van der Waals surface area contributed by atoms with Crippen LogP contribution in [0.3, 0.4) is 0 Å². The maximum atomic E-state index is 12.7. The largest absolute Gasteiger partial charge is 0.504 e. The number of carbonyl (C=O) groups is 1. The van der Waals surface area contributed by atoms with E-state index in [1.807, 2.05) is 19.9 Å². The highest BCUT2D eigenvalue weighted by Gasteiger charge is 2.46. The van der Waals surface area contributed by atoms with Gasteiger partial charge in [-0.15, -0.1) is 0 Å². The zero-order chi connectivity index (χ0) is 16.2. The summed E-state index contributed by atoms with van der Waals surface area (Å²) in [5.41, 5.74) is 2.11. The summed E-state index contributed by atoms with van der Waals surface area (Å²) in [6, 6.07) is 1.81. The minimum Gasteiger partial charge on any atom is -0.504 e. The van der Waals surface area contributed by atoms with Crippen molar-refractivity contribution in [2.45, 2.75) is 65.2 Å². The van der Waals surface area contributed by atoms with E-state index in [1.54, 1.807) is 0 Å². The maximum absolute atomic E-state index is 12.7. The molecule has 0 unspecified atom stereocenters. The SMILES string of the molecule is CC(C)c1cc2c(c(O)c1O)[C@H]1CCCC(C)(C)[C@@H]1CC2=O. The molecule has 1 aromatic rings. The molecule has 1 saturated carbocycles. The van der Waals surface area contributed by atoms with Crippen LogP contribution in [0.1, 0.15) is 86.7 Å². The van der Waals surface area contributed by atoms with Crippen molar-refractivity contribution in [3.63, 3.8) is 0 Å². The number of aromatic hydroxyl groups is 2.